The fraction of sp³-hybridized carbons (Fsp3) is 0.385. The summed E-state index contributed by atoms with van der Waals surface area (Å²) in [6.07, 6.45) is 0. The van der Waals surface area contributed by atoms with E-state index in [0.29, 0.717) is 5.69 Å². The minimum atomic E-state index is -0.197. The van der Waals surface area contributed by atoms with Gasteiger partial charge in [-0.25, -0.2) is 0 Å². The van der Waals surface area contributed by atoms with Crippen molar-refractivity contribution in [3.05, 3.63) is 28.7 Å². The Morgan fingerprint density at radius 1 is 1.39 bits per heavy atom. The number of rotatable bonds is 4. The van der Waals surface area contributed by atoms with E-state index in [2.05, 4.69) is 21.2 Å². The standard InChI is InChI=1S/C13H17BrN2O2/c1-9(2)16(10(3)17)8-13(18)15-12-6-4-5-11(14)7-12/h4-7,9H,8H2,1-3H3,(H,15,18). The molecule has 0 radical (unpaired) electrons. The van der Waals surface area contributed by atoms with Crippen molar-refractivity contribution in [2.75, 3.05) is 11.9 Å². The van der Waals surface area contributed by atoms with Gasteiger partial charge < -0.3 is 10.2 Å². The zero-order valence-electron chi connectivity index (χ0n) is 10.7. The Bertz CT molecular complexity index is 446. The molecule has 0 aliphatic heterocycles. The maximum absolute atomic E-state index is 11.8. The van der Waals surface area contributed by atoms with E-state index >= 15 is 0 Å². The summed E-state index contributed by atoms with van der Waals surface area (Å²) in [5.74, 6) is -0.300. The highest BCUT2D eigenvalue weighted by molar-refractivity contribution is 9.10. The van der Waals surface area contributed by atoms with Crippen molar-refractivity contribution >= 4 is 33.4 Å². The van der Waals surface area contributed by atoms with Crippen molar-refractivity contribution in [2.45, 2.75) is 26.8 Å². The quantitative estimate of drug-likeness (QED) is 0.929. The molecule has 1 aromatic carbocycles. The molecule has 0 aliphatic rings. The van der Waals surface area contributed by atoms with Crippen LogP contribution in [0.4, 0.5) is 5.69 Å². The van der Waals surface area contributed by atoms with E-state index < -0.39 is 0 Å². The molecular formula is C13H17BrN2O2. The summed E-state index contributed by atoms with van der Waals surface area (Å²) in [6, 6.07) is 7.34. The van der Waals surface area contributed by atoms with Crippen molar-refractivity contribution in [1.82, 2.24) is 4.90 Å². The Labute approximate surface area is 115 Å². The highest BCUT2D eigenvalue weighted by atomic mass is 79.9. The number of nitrogens with zero attached hydrogens (tertiary/aromatic N) is 1. The van der Waals surface area contributed by atoms with Crippen LogP contribution in [0.5, 0.6) is 0 Å². The molecule has 0 heterocycles. The van der Waals surface area contributed by atoms with Crippen molar-refractivity contribution in [2.24, 2.45) is 0 Å². The first-order valence-electron chi connectivity index (χ1n) is 5.72. The topological polar surface area (TPSA) is 49.4 Å². The summed E-state index contributed by atoms with van der Waals surface area (Å²) >= 11 is 3.33. The van der Waals surface area contributed by atoms with Gasteiger partial charge in [0, 0.05) is 23.1 Å². The first-order chi connectivity index (χ1) is 8.40. The molecule has 98 valence electrons. The van der Waals surface area contributed by atoms with Gasteiger partial charge in [-0.05, 0) is 32.0 Å². The van der Waals surface area contributed by atoms with Gasteiger partial charge in [-0.3, -0.25) is 9.59 Å². The van der Waals surface area contributed by atoms with E-state index in [1.165, 1.54) is 11.8 Å². The number of carbonyl (C=O) groups is 2. The van der Waals surface area contributed by atoms with Gasteiger partial charge in [-0.2, -0.15) is 0 Å². The number of nitrogens with one attached hydrogen (secondary N) is 1. The molecule has 0 saturated carbocycles. The van der Waals surface area contributed by atoms with Gasteiger partial charge in [0.05, 0.1) is 0 Å². The number of benzene rings is 1. The van der Waals surface area contributed by atoms with Crippen molar-refractivity contribution in [3.8, 4) is 0 Å². The Hall–Kier alpha value is -1.36. The van der Waals surface area contributed by atoms with Crippen LogP contribution in [0.3, 0.4) is 0 Å². The minimum Gasteiger partial charge on any atom is -0.331 e. The van der Waals surface area contributed by atoms with E-state index in [1.807, 2.05) is 32.0 Å². The molecule has 1 N–H and O–H groups in total. The van der Waals surface area contributed by atoms with E-state index in [-0.39, 0.29) is 24.4 Å². The van der Waals surface area contributed by atoms with Crippen LogP contribution in [0.15, 0.2) is 28.7 Å². The molecule has 2 amide bonds. The molecule has 0 bridgehead atoms. The van der Waals surface area contributed by atoms with Gasteiger partial charge in [-0.1, -0.05) is 22.0 Å². The zero-order chi connectivity index (χ0) is 13.7. The molecular weight excluding hydrogens is 296 g/mol. The van der Waals surface area contributed by atoms with Crippen LogP contribution in [0, 0.1) is 0 Å². The summed E-state index contributed by atoms with van der Waals surface area (Å²) in [5.41, 5.74) is 0.710. The van der Waals surface area contributed by atoms with Crippen LogP contribution < -0.4 is 5.32 Å². The van der Waals surface area contributed by atoms with Gasteiger partial charge in [0.2, 0.25) is 11.8 Å². The molecule has 1 aromatic rings. The molecule has 18 heavy (non-hydrogen) atoms. The van der Waals surface area contributed by atoms with Gasteiger partial charge in [0.1, 0.15) is 6.54 Å². The molecule has 0 atom stereocenters. The Kier molecular flexibility index (Phi) is 5.34. The van der Waals surface area contributed by atoms with Gasteiger partial charge in [0.25, 0.3) is 0 Å². The lowest BCUT2D eigenvalue weighted by Crippen LogP contribution is -2.41. The largest absolute Gasteiger partial charge is 0.331 e. The second-order valence-electron chi connectivity index (χ2n) is 4.30. The lowest BCUT2D eigenvalue weighted by molar-refractivity contribution is -0.134. The highest BCUT2D eigenvalue weighted by Crippen LogP contribution is 2.15. The summed E-state index contributed by atoms with van der Waals surface area (Å²) in [5, 5.41) is 2.76. The third-order valence-electron chi connectivity index (χ3n) is 2.45. The van der Waals surface area contributed by atoms with Crippen LogP contribution in [0.2, 0.25) is 0 Å². The predicted molar refractivity (Wildman–Crippen MR) is 75.3 cm³/mol. The molecule has 0 saturated heterocycles. The Morgan fingerprint density at radius 3 is 2.56 bits per heavy atom. The smallest absolute Gasteiger partial charge is 0.244 e. The number of hydrogen-bond donors (Lipinski definition) is 1. The number of halogens is 1. The van der Waals surface area contributed by atoms with Gasteiger partial charge in [0.15, 0.2) is 0 Å². The fourth-order valence-corrected chi connectivity index (χ4v) is 1.98. The fourth-order valence-electron chi connectivity index (χ4n) is 1.58. The third-order valence-corrected chi connectivity index (χ3v) is 2.94. The Balaban J connectivity index is 2.63. The summed E-state index contributed by atoms with van der Waals surface area (Å²) in [6.45, 7) is 5.30. The second-order valence-corrected chi connectivity index (χ2v) is 5.21. The van der Waals surface area contributed by atoms with E-state index in [4.69, 9.17) is 0 Å². The number of anilines is 1. The highest BCUT2D eigenvalue weighted by Gasteiger charge is 2.16. The number of carbonyl (C=O) groups excluding carboxylic acids is 2. The first-order valence-corrected chi connectivity index (χ1v) is 6.52. The van der Waals surface area contributed by atoms with Crippen LogP contribution in [-0.4, -0.2) is 29.3 Å². The van der Waals surface area contributed by atoms with Crippen LogP contribution in [0.25, 0.3) is 0 Å². The molecule has 0 aliphatic carbocycles. The molecule has 4 nitrogen and oxygen atoms in total. The van der Waals surface area contributed by atoms with E-state index in [9.17, 15) is 9.59 Å². The molecule has 0 aromatic heterocycles. The van der Waals surface area contributed by atoms with Crippen molar-refractivity contribution < 1.29 is 9.59 Å². The molecule has 1 rings (SSSR count). The van der Waals surface area contributed by atoms with E-state index in [1.54, 1.807) is 6.07 Å². The lowest BCUT2D eigenvalue weighted by atomic mass is 10.3. The SMILES string of the molecule is CC(=O)N(CC(=O)Nc1cccc(Br)c1)C(C)C. The van der Waals surface area contributed by atoms with E-state index in [0.717, 1.165) is 4.47 Å². The number of amides is 2. The van der Waals surface area contributed by atoms with Gasteiger partial charge >= 0.3 is 0 Å². The third kappa shape index (κ3) is 4.49. The average Bonchev–Trinajstić information content (AvgIpc) is 2.25. The molecule has 0 spiro atoms. The maximum Gasteiger partial charge on any atom is 0.244 e. The second kappa shape index (κ2) is 6.54. The Morgan fingerprint density at radius 2 is 2.06 bits per heavy atom. The lowest BCUT2D eigenvalue weighted by Gasteiger charge is -2.24. The first kappa shape index (κ1) is 14.7. The van der Waals surface area contributed by atoms with Crippen LogP contribution >= 0.6 is 15.9 Å². The normalized spacial score (nSPS) is 10.3. The summed E-state index contributed by atoms with van der Waals surface area (Å²) in [7, 11) is 0. The minimum absolute atomic E-state index is 0.00996. The molecule has 0 fully saturated rings. The van der Waals surface area contributed by atoms with Gasteiger partial charge in [-0.15, -0.1) is 0 Å². The molecule has 5 heteroatoms. The van der Waals surface area contributed by atoms with Crippen molar-refractivity contribution in [3.63, 3.8) is 0 Å². The van der Waals surface area contributed by atoms with Crippen molar-refractivity contribution in [1.29, 1.82) is 0 Å². The predicted octanol–water partition coefficient (Wildman–Crippen LogP) is 2.64. The van der Waals surface area contributed by atoms with Crippen LogP contribution in [-0.2, 0) is 9.59 Å². The zero-order valence-corrected chi connectivity index (χ0v) is 12.3. The molecule has 0 unspecified atom stereocenters. The average molecular weight is 313 g/mol. The summed E-state index contributed by atoms with van der Waals surface area (Å²) < 4.78 is 0.896. The maximum atomic E-state index is 11.8. The monoisotopic (exact) mass is 312 g/mol. The summed E-state index contributed by atoms with van der Waals surface area (Å²) in [4.78, 5) is 24.7. The van der Waals surface area contributed by atoms with Crippen LogP contribution in [0.1, 0.15) is 20.8 Å². The number of hydrogen-bond acceptors (Lipinski definition) is 2.